The number of benzene rings is 1. The van der Waals surface area contributed by atoms with Crippen LogP contribution in [0.15, 0.2) is 42.7 Å². The SMILES string of the molecule is CC1CCN(C(=O)Nc2cnn(Cc3ccccc3)c2)C1. The lowest BCUT2D eigenvalue weighted by Gasteiger charge is -2.15. The number of hydrogen-bond donors (Lipinski definition) is 1. The van der Waals surface area contributed by atoms with Gasteiger partial charge in [0.2, 0.25) is 0 Å². The number of urea groups is 1. The van der Waals surface area contributed by atoms with E-state index in [-0.39, 0.29) is 6.03 Å². The van der Waals surface area contributed by atoms with Gasteiger partial charge in [-0.2, -0.15) is 5.10 Å². The van der Waals surface area contributed by atoms with E-state index < -0.39 is 0 Å². The van der Waals surface area contributed by atoms with Crippen LogP contribution in [-0.2, 0) is 6.54 Å². The van der Waals surface area contributed by atoms with Crippen LogP contribution in [0.3, 0.4) is 0 Å². The number of hydrogen-bond acceptors (Lipinski definition) is 2. The molecule has 1 unspecified atom stereocenters. The highest BCUT2D eigenvalue weighted by Crippen LogP contribution is 2.16. The minimum absolute atomic E-state index is 0.0291. The van der Waals surface area contributed by atoms with Crippen molar-refractivity contribution < 1.29 is 4.79 Å². The van der Waals surface area contributed by atoms with Gasteiger partial charge in [-0.1, -0.05) is 37.3 Å². The molecule has 21 heavy (non-hydrogen) atoms. The number of nitrogens with zero attached hydrogens (tertiary/aromatic N) is 3. The Balaban J connectivity index is 1.59. The fourth-order valence-electron chi connectivity index (χ4n) is 2.61. The van der Waals surface area contributed by atoms with Crippen LogP contribution in [0.5, 0.6) is 0 Å². The summed E-state index contributed by atoms with van der Waals surface area (Å²) in [4.78, 5) is 14.0. The molecule has 1 saturated heterocycles. The van der Waals surface area contributed by atoms with E-state index in [4.69, 9.17) is 0 Å². The van der Waals surface area contributed by atoms with Crippen molar-refractivity contribution in [3.8, 4) is 0 Å². The molecule has 5 nitrogen and oxygen atoms in total. The number of carbonyl (C=O) groups excluding carboxylic acids is 1. The second-order valence-corrected chi connectivity index (χ2v) is 5.68. The quantitative estimate of drug-likeness (QED) is 0.942. The lowest BCUT2D eigenvalue weighted by atomic mass is 10.2. The number of nitrogens with one attached hydrogen (secondary N) is 1. The normalized spacial score (nSPS) is 18.0. The lowest BCUT2D eigenvalue weighted by Crippen LogP contribution is -2.32. The van der Waals surface area contributed by atoms with Gasteiger partial charge in [0.25, 0.3) is 0 Å². The van der Waals surface area contributed by atoms with Gasteiger partial charge in [0.05, 0.1) is 18.4 Å². The first-order chi connectivity index (χ1) is 10.2. The third kappa shape index (κ3) is 3.42. The van der Waals surface area contributed by atoms with Crippen molar-refractivity contribution in [2.24, 2.45) is 5.92 Å². The molecule has 1 aliphatic rings. The summed E-state index contributed by atoms with van der Waals surface area (Å²) in [7, 11) is 0. The van der Waals surface area contributed by atoms with Crippen LogP contribution in [0.4, 0.5) is 10.5 Å². The number of anilines is 1. The Morgan fingerprint density at radius 2 is 2.19 bits per heavy atom. The number of amides is 2. The van der Waals surface area contributed by atoms with Crippen LogP contribution in [0.2, 0.25) is 0 Å². The van der Waals surface area contributed by atoms with E-state index in [2.05, 4.69) is 29.5 Å². The maximum Gasteiger partial charge on any atom is 0.321 e. The molecule has 1 aromatic carbocycles. The second-order valence-electron chi connectivity index (χ2n) is 5.68. The molecule has 1 aromatic heterocycles. The predicted molar refractivity (Wildman–Crippen MR) is 82.1 cm³/mol. The van der Waals surface area contributed by atoms with E-state index in [1.807, 2.05) is 34.0 Å². The van der Waals surface area contributed by atoms with Crippen molar-refractivity contribution in [3.05, 3.63) is 48.3 Å². The van der Waals surface area contributed by atoms with Crippen LogP contribution >= 0.6 is 0 Å². The molecule has 1 fully saturated rings. The average molecular weight is 284 g/mol. The molecule has 1 N–H and O–H groups in total. The number of aromatic nitrogens is 2. The summed E-state index contributed by atoms with van der Waals surface area (Å²) in [6.45, 7) is 4.55. The zero-order valence-electron chi connectivity index (χ0n) is 12.2. The molecule has 1 atom stereocenters. The Labute approximate surface area is 124 Å². The summed E-state index contributed by atoms with van der Waals surface area (Å²) >= 11 is 0. The molecule has 0 aliphatic carbocycles. The fraction of sp³-hybridized carbons (Fsp3) is 0.375. The Morgan fingerprint density at radius 1 is 1.38 bits per heavy atom. The molecule has 1 aliphatic heterocycles. The van der Waals surface area contributed by atoms with Crippen LogP contribution in [0.1, 0.15) is 18.9 Å². The van der Waals surface area contributed by atoms with Gasteiger partial charge in [-0.25, -0.2) is 4.79 Å². The highest BCUT2D eigenvalue weighted by atomic mass is 16.2. The summed E-state index contributed by atoms with van der Waals surface area (Å²) in [6, 6.07) is 10.1. The first-order valence-electron chi connectivity index (χ1n) is 7.33. The minimum Gasteiger partial charge on any atom is -0.324 e. The van der Waals surface area contributed by atoms with Gasteiger partial charge in [0.15, 0.2) is 0 Å². The Bertz CT molecular complexity index is 608. The molecule has 2 amide bonds. The molecule has 110 valence electrons. The predicted octanol–water partition coefficient (Wildman–Crippen LogP) is 2.81. The maximum atomic E-state index is 12.1. The van der Waals surface area contributed by atoms with E-state index in [1.54, 1.807) is 6.20 Å². The number of carbonyl (C=O) groups is 1. The Hall–Kier alpha value is -2.30. The largest absolute Gasteiger partial charge is 0.324 e. The third-order valence-electron chi connectivity index (χ3n) is 3.78. The zero-order chi connectivity index (χ0) is 14.7. The van der Waals surface area contributed by atoms with Gasteiger partial charge in [-0.15, -0.1) is 0 Å². The topological polar surface area (TPSA) is 50.2 Å². The van der Waals surface area contributed by atoms with Gasteiger partial charge < -0.3 is 10.2 Å². The third-order valence-corrected chi connectivity index (χ3v) is 3.78. The number of likely N-dealkylation sites (tertiary alicyclic amines) is 1. The first-order valence-corrected chi connectivity index (χ1v) is 7.33. The van der Waals surface area contributed by atoms with Gasteiger partial charge in [0.1, 0.15) is 0 Å². The monoisotopic (exact) mass is 284 g/mol. The van der Waals surface area contributed by atoms with E-state index in [1.165, 1.54) is 5.56 Å². The molecule has 0 saturated carbocycles. The van der Waals surface area contributed by atoms with E-state index >= 15 is 0 Å². The van der Waals surface area contributed by atoms with Gasteiger partial charge in [0, 0.05) is 19.3 Å². The van der Waals surface area contributed by atoms with Gasteiger partial charge in [-0.3, -0.25) is 4.68 Å². The van der Waals surface area contributed by atoms with E-state index in [9.17, 15) is 4.79 Å². The van der Waals surface area contributed by atoms with Gasteiger partial charge >= 0.3 is 6.03 Å². The lowest BCUT2D eigenvalue weighted by molar-refractivity contribution is 0.221. The van der Waals surface area contributed by atoms with E-state index in [0.717, 1.165) is 25.2 Å². The van der Waals surface area contributed by atoms with Crippen molar-refractivity contribution >= 4 is 11.7 Å². The molecule has 2 aromatic rings. The summed E-state index contributed by atoms with van der Waals surface area (Å²) in [5.41, 5.74) is 1.93. The summed E-state index contributed by atoms with van der Waals surface area (Å²) in [5, 5.41) is 7.20. The van der Waals surface area contributed by atoms with Crippen molar-refractivity contribution in [3.63, 3.8) is 0 Å². The van der Waals surface area contributed by atoms with Crippen LogP contribution < -0.4 is 5.32 Å². The fourth-order valence-corrected chi connectivity index (χ4v) is 2.61. The van der Waals surface area contributed by atoms with Gasteiger partial charge in [-0.05, 0) is 17.9 Å². The second kappa shape index (κ2) is 5.99. The van der Waals surface area contributed by atoms with Crippen LogP contribution in [-0.4, -0.2) is 33.8 Å². The summed E-state index contributed by atoms with van der Waals surface area (Å²) in [5.74, 6) is 0.594. The molecule has 5 heteroatoms. The highest BCUT2D eigenvalue weighted by Gasteiger charge is 2.23. The minimum atomic E-state index is -0.0291. The summed E-state index contributed by atoms with van der Waals surface area (Å²) in [6.07, 6.45) is 4.64. The molecule has 3 rings (SSSR count). The smallest absolute Gasteiger partial charge is 0.321 e. The zero-order valence-corrected chi connectivity index (χ0v) is 12.2. The Kier molecular flexibility index (Phi) is 3.90. The Morgan fingerprint density at radius 3 is 2.90 bits per heavy atom. The molecule has 0 bridgehead atoms. The molecule has 0 spiro atoms. The molecule has 0 radical (unpaired) electrons. The van der Waals surface area contributed by atoms with Crippen molar-refractivity contribution in [1.29, 1.82) is 0 Å². The number of rotatable bonds is 3. The standard InChI is InChI=1S/C16H20N4O/c1-13-7-8-19(10-13)16(21)18-15-9-17-20(12-15)11-14-5-3-2-4-6-14/h2-6,9,12-13H,7-8,10-11H2,1H3,(H,18,21). The molecular weight excluding hydrogens is 264 g/mol. The maximum absolute atomic E-state index is 12.1. The van der Waals surface area contributed by atoms with E-state index in [0.29, 0.717) is 12.5 Å². The van der Waals surface area contributed by atoms with Crippen molar-refractivity contribution in [2.45, 2.75) is 19.9 Å². The molecule has 2 heterocycles. The van der Waals surface area contributed by atoms with Crippen LogP contribution in [0.25, 0.3) is 0 Å². The summed E-state index contributed by atoms with van der Waals surface area (Å²) < 4.78 is 1.83. The van der Waals surface area contributed by atoms with Crippen molar-refractivity contribution in [1.82, 2.24) is 14.7 Å². The highest BCUT2D eigenvalue weighted by molar-refractivity contribution is 5.89. The first kappa shape index (κ1) is 13.7. The molecular formula is C16H20N4O. The average Bonchev–Trinajstić information content (AvgIpc) is 3.09. The van der Waals surface area contributed by atoms with Crippen molar-refractivity contribution in [2.75, 3.05) is 18.4 Å². The van der Waals surface area contributed by atoms with Crippen LogP contribution in [0, 0.1) is 5.92 Å².